The van der Waals surface area contributed by atoms with Gasteiger partial charge in [-0.3, -0.25) is 0 Å². The quantitative estimate of drug-likeness (QED) is 0.821. The van der Waals surface area contributed by atoms with Crippen molar-refractivity contribution >= 4 is 11.8 Å². The van der Waals surface area contributed by atoms with Crippen LogP contribution in [0, 0.1) is 0 Å². The molecule has 5 heteroatoms. The zero-order chi connectivity index (χ0) is 12.3. The number of nitrogens with zero attached hydrogens (tertiary/aromatic N) is 3. The normalized spacial score (nSPS) is 18.8. The second-order valence-electron chi connectivity index (χ2n) is 5.07. The zero-order valence-corrected chi connectivity index (χ0v) is 10.8. The highest BCUT2D eigenvalue weighted by Gasteiger charge is 2.26. The molecule has 17 heavy (non-hydrogen) atoms. The van der Waals surface area contributed by atoms with Crippen LogP contribution >= 0.6 is 0 Å². The number of hydrogen-bond acceptors (Lipinski definition) is 5. The molecule has 0 atom stereocenters. The van der Waals surface area contributed by atoms with Gasteiger partial charge >= 0.3 is 0 Å². The number of aromatic nitrogens is 2. The first-order valence-corrected chi connectivity index (χ1v) is 6.08. The molecular weight excluding hydrogens is 214 g/mol. The lowest BCUT2D eigenvalue weighted by atomic mass is 9.91. The summed E-state index contributed by atoms with van der Waals surface area (Å²) in [4.78, 5) is 10.6. The van der Waals surface area contributed by atoms with Gasteiger partial charge < -0.3 is 15.5 Å². The van der Waals surface area contributed by atoms with Crippen molar-refractivity contribution < 1.29 is 0 Å². The Morgan fingerprint density at radius 1 is 1.35 bits per heavy atom. The highest BCUT2D eigenvalue weighted by Crippen LogP contribution is 2.22. The number of hydrogen-bond donors (Lipinski definition) is 2. The molecule has 1 aliphatic heterocycles. The summed E-state index contributed by atoms with van der Waals surface area (Å²) in [5, 5.41) is 6.91. The monoisotopic (exact) mass is 235 g/mol. The van der Waals surface area contributed by atoms with Crippen molar-refractivity contribution in [2.45, 2.75) is 25.3 Å². The van der Waals surface area contributed by atoms with Crippen LogP contribution in [0.4, 0.5) is 11.8 Å². The van der Waals surface area contributed by atoms with Gasteiger partial charge in [0.15, 0.2) is 0 Å². The standard InChI is InChI=1S/C12H21N5/c1-12(5-8-13-9-6-12)16-10-4-7-14-11(15-10)17(2)3/h4,7,13H,5-6,8-9H2,1-3H3,(H,14,15,16). The molecule has 0 radical (unpaired) electrons. The molecule has 0 aromatic carbocycles. The van der Waals surface area contributed by atoms with E-state index in [4.69, 9.17) is 0 Å². The molecule has 0 saturated carbocycles. The molecule has 5 nitrogen and oxygen atoms in total. The minimum atomic E-state index is 0.142. The smallest absolute Gasteiger partial charge is 0.226 e. The van der Waals surface area contributed by atoms with E-state index in [0.29, 0.717) is 0 Å². The van der Waals surface area contributed by atoms with Gasteiger partial charge in [0.25, 0.3) is 0 Å². The Balaban J connectivity index is 2.09. The Hall–Kier alpha value is -1.36. The summed E-state index contributed by atoms with van der Waals surface area (Å²) in [5.74, 6) is 1.65. The molecule has 2 rings (SSSR count). The van der Waals surface area contributed by atoms with E-state index in [-0.39, 0.29) is 5.54 Å². The van der Waals surface area contributed by atoms with E-state index in [1.165, 1.54) is 0 Å². The first-order valence-electron chi connectivity index (χ1n) is 6.08. The van der Waals surface area contributed by atoms with Crippen molar-refractivity contribution in [2.75, 3.05) is 37.4 Å². The van der Waals surface area contributed by atoms with E-state index < -0.39 is 0 Å². The maximum atomic E-state index is 4.49. The van der Waals surface area contributed by atoms with Gasteiger partial charge in [0, 0.05) is 25.8 Å². The summed E-state index contributed by atoms with van der Waals surface area (Å²) >= 11 is 0. The summed E-state index contributed by atoms with van der Waals surface area (Å²) in [6.45, 7) is 4.38. The highest BCUT2D eigenvalue weighted by atomic mass is 15.2. The maximum Gasteiger partial charge on any atom is 0.226 e. The Morgan fingerprint density at radius 2 is 2.06 bits per heavy atom. The van der Waals surface area contributed by atoms with Gasteiger partial charge in [-0.15, -0.1) is 0 Å². The van der Waals surface area contributed by atoms with Gasteiger partial charge in [-0.05, 0) is 38.9 Å². The van der Waals surface area contributed by atoms with Crippen LogP contribution in [0.2, 0.25) is 0 Å². The fourth-order valence-corrected chi connectivity index (χ4v) is 2.05. The largest absolute Gasteiger partial charge is 0.365 e. The average Bonchev–Trinajstić information content (AvgIpc) is 2.29. The molecule has 0 amide bonds. The highest BCUT2D eigenvalue weighted by molar-refractivity contribution is 5.42. The van der Waals surface area contributed by atoms with Crippen molar-refractivity contribution in [3.63, 3.8) is 0 Å². The predicted molar refractivity (Wildman–Crippen MR) is 70.5 cm³/mol. The van der Waals surface area contributed by atoms with Crippen molar-refractivity contribution in [3.8, 4) is 0 Å². The van der Waals surface area contributed by atoms with Crippen LogP contribution in [0.3, 0.4) is 0 Å². The Morgan fingerprint density at radius 3 is 2.71 bits per heavy atom. The molecule has 1 saturated heterocycles. The lowest BCUT2D eigenvalue weighted by Crippen LogP contribution is -2.45. The van der Waals surface area contributed by atoms with Gasteiger partial charge in [-0.25, -0.2) is 4.98 Å². The third-order valence-corrected chi connectivity index (χ3v) is 3.18. The van der Waals surface area contributed by atoms with Crippen molar-refractivity contribution in [2.24, 2.45) is 0 Å². The molecule has 0 bridgehead atoms. The minimum Gasteiger partial charge on any atom is -0.365 e. The average molecular weight is 235 g/mol. The molecule has 1 aliphatic rings. The van der Waals surface area contributed by atoms with E-state index in [9.17, 15) is 0 Å². The predicted octanol–water partition coefficient (Wildman–Crippen LogP) is 1.10. The van der Waals surface area contributed by atoms with Crippen molar-refractivity contribution in [1.29, 1.82) is 0 Å². The number of rotatable bonds is 3. The van der Waals surface area contributed by atoms with Gasteiger partial charge in [0.1, 0.15) is 5.82 Å². The van der Waals surface area contributed by atoms with Gasteiger partial charge in [-0.2, -0.15) is 4.98 Å². The summed E-state index contributed by atoms with van der Waals surface area (Å²) < 4.78 is 0. The lowest BCUT2D eigenvalue weighted by Gasteiger charge is -2.35. The third kappa shape index (κ3) is 3.06. The van der Waals surface area contributed by atoms with E-state index in [1.807, 2.05) is 25.1 Å². The fourth-order valence-electron chi connectivity index (χ4n) is 2.05. The molecule has 0 aliphatic carbocycles. The number of anilines is 2. The van der Waals surface area contributed by atoms with Crippen molar-refractivity contribution in [3.05, 3.63) is 12.3 Å². The minimum absolute atomic E-state index is 0.142. The van der Waals surface area contributed by atoms with E-state index in [2.05, 4.69) is 27.5 Å². The van der Waals surface area contributed by atoms with E-state index in [1.54, 1.807) is 6.20 Å². The molecule has 1 aromatic heterocycles. The molecule has 1 aromatic rings. The molecular formula is C12H21N5. The topological polar surface area (TPSA) is 53.1 Å². The summed E-state index contributed by atoms with van der Waals surface area (Å²) in [6.07, 6.45) is 4.04. The molecule has 2 heterocycles. The summed E-state index contributed by atoms with van der Waals surface area (Å²) in [5.41, 5.74) is 0.142. The van der Waals surface area contributed by atoms with Gasteiger partial charge in [0.2, 0.25) is 5.95 Å². The van der Waals surface area contributed by atoms with Crippen molar-refractivity contribution in [1.82, 2.24) is 15.3 Å². The fraction of sp³-hybridized carbons (Fsp3) is 0.667. The van der Waals surface area contributed by atoms with Crippen LogP contribution in [0.1, 0.15) is 19.8 Å². The molecule has 0 spiro atoms. The first kappa shape index (κ1) is 12.1. The second-order valence-corrected chi connectivity index (χ2v) is 5.07. The molecule has 1 fully saturated rings. The van der Waals surface area contributed by atoms with E-state index in [0.717, 1.165) is 37.7 Å². The van der Waals surface area contributed by atoms with Crippen LogP contribution < -0.4 is 15.5 Å². The number of piperidine rings is 1. The Bertz CT molecular complexity index is 371. The molecule has 94 valence electrons. The first-order chi connectivity index (χ1) is 8.09. The van der Waals surface area contributed by atoms with E-state index >= 15 is 0 Å². The zero-order valence-electron chi connectivity index (χ0n) is 10.8. The summed E-state index contributed by atoms with van der Waals surface area (Å²) in [7, 11) is 3.90. The van der Waals surface area contributed by atoms with Crippen LogP contribution in [-0.2, 0) is 0 Å². The lowest BCUT2D eigenvalue weighted by molar-refractivity contribution is 0.364. The molecule has 0 unspecified atom stereocenters. The number of nitrogens with one attached hydrogen (secondary N) is 2. The van der Waals surface area contributed by atoms with Crippen LogP contribution in [0.15, 0.2) is 12.3 Å². The maximum absolute atomic E-state index is 4.49. The Kier molecular flexibility index (Phi) is 3.47. The molecule has 2 N–H and O–H groups in total. The van der Waals surface area contributed by atoms with Gasteiger partial charge in [0.05, 0.1) is 0 Å². The second kappa shape index (κ2) is 4.87. The van der Waals surface area contributed by atoms with Crippen LogP contribution in [-0.4, -0.2) is 42.7 Å². The Labute approximate surface area is 103 Å². The third-order valence-electron chi connectivity index (χ3n) is 3.18. The van der Waals surface area contributed by atoms with Crippen LogP contribution in [0.5, 0.6) is 0 Å². The SMILES string of the molecule is CN(C)c1nccc(NC2(C)CCNCC2)n1. The van der Waals surface area contributed by atoms with Crippen LogP contribution in [0.25, 0.3) is 0 Å². The van der Waals surface area contributed by atoms with Gasteiger partial charge in [-0.1, -0.05) is 0 Å². The summed E-state index contributed by atoms with van der Waals surface area (Å²) in [6, 6.07) is 1.93.